The molecule has 2 aromatic heterocycles. The van der Waals surface area contributed by atoms with E-state index in [2.05, 4.69) is 20.9 Å². The lowest BCUT2D eigenvalue weighted by Crippen LogP contribution is -2.05. The van der Waals surface area contributed by atoms with Crippen LogP contribution in [0, 0.1) is 0 Å². The standard InChI is InChI=1S/C25H21N5O3/c1-31-19-8-6-18(7-9-19)30-15-17(27-28-30)16-33-20-10-11-21-24(14-20)32-13-12-29-23-5-3-2-4-22(23)26-25(21)29/h2-11,14-15H,12-13,16H2,1H3. The smallest absolute Gasteiger partial charge is 0.145 e. The molecule has 0 N–H and O–H groups in total. The first kappa shape index (κ1) is 19.4. The molecule has 33 heavy (non-hydrogen) atoms. The number of para-hydroxylation sites is 2. The van der Waals surface area contributed by atoms with E-state index in [1.165, 1.54) is 0 Å². The Balaban J connectivity index is 1.21. The molecule has 0 radical (unpaired) electrons. The van der Waals surface area contributed by atoms with E-state index in [4.69, 9.17) is 19.2 Å². The molecule has 0 aliphatic carbocycles. The van der Waals surface area contributed by atoms with Gasteiger partial charge in [0.2, 0.25) is 0 Å². The van der Waals surface area contributed by atoms with Gasteiger partial charge in [0.25, 0.3) is 0 Å². The highest BCUT2D eigenvalue weighted by atomic mass is 16.5. The van der Waals surface area contributed by atoms with Gasteiger partial charge in [-0.15, -0.1) is 5.10 Å². The van der Waals surface area contributed by atoms with Crippen molar-refractivity contribution in [3.63, 3.8) is 0 Å². The summed E-state index contributed by atoms with van der Waals surface area (Å²) in [5.74, 6) is 3.18. The topological polar surface area (TPSA) is 76.2 Å². The predicted molar refractivity (Wildman–Crippen MR) is 123 cm³/mol. The van der Waals surface area contributed by atoms with Crippen LogP contribution in [0.2, 0.25) is 0 Å². The molecule has 3 aromatic carbocycles. The highest BCUT2D eigenvalue weighted by Crippen LogP contribution is 2.36. The molecule has 1 aliphatic heterocycles. The van der Waals surface area contributed by atoms with Gasteiger partial charge in [-0.05, 0) is 48.5 Å². The van der Waals surface area contributed by atoms with E-state index in [1.54, 1.807) is 11.8 Å². The zero-order chi connectivity index (χ0) is 22.2. The molecule has 0 spiro atoms. The molecule has 164 valence electrons. The second-order valence-electron chi connectivity index (χ2n) is 7.72. The maximum Gasteiger partial charge on any atom is 0.145 e. The number of nitrogens with zero attached hydrogens (tertiary/aromatic N) is 5. The van der Waals surface area contributed by atoms with Crippen molar-refractivity contribution in [1.29, 1.82) is 0 Å². The molecule has 0 saturated carbocycles. The van der Waals surface area contributed by atoms with Crippen LogP contribution in [0.25, 0.3) is 28.1 Å². The lowest BCUT2D eigenvalue weighted by molar-refractivity contribution is 0.289. The van der Waals surface area contributed by atoms with E-state index in [1.807, 2.05) is 66.9 Å². The van der Waals surface area contributed by atoms with E-state index in [9.17, 15) is 0 Å². The lowest BCUT2D eigenvalue weighted by atomic mass is 10.2. The first-order valence-corrected chi connectivity index (χ1v) is 10.7. The summed E-state index contributed by atoms with van der Waals surface area (Å²) >= 11 is 0. The fourth-order valence-electron chi connectivity index (χ4n) is 4.03. The molecule has 1 aliphatic rings. The summed E-state index contributed by atoms with van der Waals surface area (Å²) in [7, 11) is 1.64. The summed E-state index contributed by atoms with van der Waals surface area (Å²) in [5, 5.41) is 8.41. The van der Waals surface area contributed by atoms with Gasteiger partial charge in [0.05, 0.1) is 42.1 Å². The molecule has 8 heteroatoms. The average Bonchev–Trinajstić information content (AvgIpc) is 3.44. The summed E-state index contributed by atoms with van der Waals surface area (Å²) in [6.45, 7) is 1.61. The number of ether oxygens (including phenoxy) is 3. The van der Waals surface area contributed by atoms with E-state index >= 15 is 0 Å². The fraction of sp³-hybridized carbons (Fsp3) is 0.160. The number of fused-ring (bicyclic) bond motifs is 5. The monoisotopic (exact) mass is 439 g/mol. The van der Waals surface area contributed by atoms with Crippen molar-refractivity contribution >= 4 is 11.0 Å². The molecule has 5 aromatic rings. The third kappa shape index (κ3) is 3.55. The highest BCUT2D eigenvalue weighted by Gasteiger charge is 2.20. The number of hydrogen-bond acceptors (Lipinski definition) is 6. The largest absolute Gasteiger partial charge is 0.497 e. The van der Waals surface area contributed by atoms with Gasteiger partial charge >= 0.3 is 0 Å². The first-order valence-electron chi connectivity index (χ1n) is 10.7. The highest BCUT2D eigenvalue weighted by molar-refractivity contribution is 5.82. The van der Waals surface area contributed by atoms with Crippen LogP contribution in [0.1, 0.15) is 5.69 Å². The third-order valence-corrected chi connectivity index (χ3v) is 5.69. The van der Waals surface area contributed by atoms with Crippen molar-refractivity contribution in [1.82, 2.24) is 24.5 Å². The van der Waals surface area contributed by atoms with Crippen LogP contribution in [-0.2, 0) is 13.2 Å². The Labute approximate surface area is 190 Å². The molecular formula is C25H21N5O3. The number of rotatable bonds is 5. The minimum Gasteiger partial charge on any atom is -0.497 e. The minimum absolute atomic E-state index is 0.299. The first-order chi connectivity index (χ1) is 16.3. The number of aromatic nitrogens is 5. The molecule has 3 heterocycles. The van der Waals surface area contributed by atoms with E-state index in [0.29, 0.717) is 19.0 Å². The lowest BCUT2D eigenvalue weighted by Gasteiger charge is -2.09. The van der Waals surface area contributed by atoms with Crippen LogP contribution in [0.3, 0.4) is 0 Å². The summed E-state index contributed by atoms with van der Waals surface area (Å²) in [6.07, 6.45) is 1.85. The Morgan fingerprint density at radius 2 is 1.85 bits per heavy atom. The fourth-order valence-corrected chi connectivity index (χ4v) is 4.03. The second-order valence-corrected chi connectivity index (χ2v) is 7.72. The van der Waals surface area contributed by atoms with Crippen LogP contribution in [-0.4, -0.2) is 38.3 Å². The molecule has 0 amide bonds. The quantitative estimate of drug-likeness (QED) is 0.407. The van der Waals surface area contributed by atoms with Gasteiger partial charge in [-0.2, -0.15) is 0 Å². The predicted octanol–water partition coefficient (Wildman–Crippen LogP) is 4.26. The van der Waals surface area contributed by atoms with E-state index < -0.39 is 0 Å². The molecular weight excluding hydrogens is 418 g/mol. The van der Waals surface area contributed by atoms with Gasteiger partial charge in [0, 0.05) is 6.07 Å². The Kier molecular flexibility index (Phi) is 4.68. The Morgan fingerprint density at radius 1 is 1.00 bits per heavy atom. The maximum atomic E-state index is 6.03. The van der Waals surface area contributed by atoms with Crippen molar-refractivity contribution in [3.05, 3.63) is 78.6 Å². The molecule has 8 nitrogen and oxygen atoms in total. The Hall–Kier alpha value is -4.33. The van der Waals surface area contributed by atoms with Crippen molar-refractivity contribution < 1.29 is 14.2 Å². The zero-order valence-corrected chi connectivity index (χ0v) is 18.0. The van der Waals surface area contributed by atoms with Crippen LogP contribution in [0.4, 0.5) is 0 Å². The van der Waals surface area contributed by atoms with Crippen LogP contribution >= 0.6 is 0 Å². The van der Waals surface area contributed by atoms with E-state index in [-0.39, 0.29) is 0 Å². The Bertz CT molecular complexity index is 1440. The average molecular weight is 439 g/mol. The molecule has 0 atom stereocenters. The molecule has 0 saturated heterocycles. The number of methoxy groups -OCH3 is 1. The van der Waals surface area contributed by atoms with Crippen LogP contribution < -0.4 is 14.2 Å². The number of imidazole rings is 1. The van der Waals surface area contributed by atoms with Crippen molar-refractivity contribution in [2.75, 3.05) is 13.7 Å². The number of benzene rings is 3. The van der Waals surface area contributed by atoms with Gasteiger partial charge in [-0.25, -0.2) is 9.67 Å². The van der Waals surface area contributed by atoms with Gasteiger partial charge in [0.1, 0.15) is 42.0 Å². The molecule has 0 unspecified atom stereocenters. The van der Waals surface area contributed by atoms with Crippen LogP contribution in [0.5, 0.6) is 17.2 Å². The maximum absolute atomic E-state index is 6.03. The number of hydrogen-bond donors (Lipinski definition) is 0. The molecule has 0 bridgehead atoms. The minimum atomic E-state index is 0.299. The van der Waals surface area contributed by atoms with Crippen molar-refractivity contribution in [2.24, 2.45) is 0 Å². The van der Waals surface area contributed by atoms with E-state index in [0.717, 1.165) is 51.8 Å². The van der Waals surface area contributed by atoms with Crippen molar-refractivity contribution in [3.8, 4) is 34.3 Å². The van der Waals surface area contributed by atoms with Gasteiger partial charge in [-0.1, -0.05) is 17.3 Å². The summed E-state index contributed by atoms with van der Waals surface area (Å²) < 4.78 is 21.1. The van der Waals surface area contributed by atoms with Crippen molar-refractivity contribution in [2.45, 2.75) is 13.2 Å². The van der Waals surface area contributed by atoms with Gasteiger partial charge in [-0.3, -0.25) is 0 Å². The molecule has 0 fully saturated rings. The SMILES string of the molecule is COc1ccc(-n2cc(COc3ccc4c(c3)OCCn3c-4nc4ccccc43)nn2)cc1. The third-order valence-electron chi connectivity index (χ3n) is 5.69. The van der Waals surface area contributed by atoms with Gasteiger partial charge in [0.15, 0.2) is 0 Å². The normalized spacial score (nSPS) is 12.5. The summed E-state index contributed by atoms with van der Waals surface area (Å²) in [4.78, 5) is 4.83. The second kappa shape index (κ2) is 7.98. The van der Waals surface area contributed by atoms with Gasteiger partial charge < -0.3 is 18.8 Å². The zero-order valence-electron chi connectivity index (χ0n) is 18.0. The molecule has 6 rings (SSSR count). The summed E-state index contributed by atoms with van der Waals surface area (Å²) in [5.41, 5.74) is 4.69. The summed E-state index contributed by atoms with van der Waals surface area (Å²) in [6, 6.07) is 21.6. The van der Waals surface area contributed by atoms with Crippen LogP contribution in [0.15, 0.2) is 72.9 Å². The Morgan fingerprint density at radius 3 is 2.73 bits per heavy atom.